The Morgan fingerprint density at radius 1 is 1.03 bits per heavy atom. The lowest BCUT2D eigenvalue weighted by molar-refractivity contribution is 0.0977. The Balaban J connectivity index is 1.61. The van der Waals surface area contributed by atoms with Gasteiger partial charge in [-0.15, -0.1) is 0 Å². The maximum atomic E-state index is 13.2. The molecule has 1 aliphatic heterocycles. The van der Waals surface area contributed by atoms with Crippen molar-refractivity contribution in [3.63, 3.8) is 0 Å². The average molecular weight is 403 g/mol. The quantitative estimate of drug-likeness (QED) is 0.449. The Morgan fingerprint density at radius 3 is 2.69 bits per heavy atom. The van der Waals surface area contributed by atoms with Crippen LogP contribution in [-0.4, -0.2) is 22.1 Å². The maximum Gasteiger partial charge on any atom is 0.293 e. The fourth-order valence-corrected chi connectivity index (χ4v) is 4.48. The number of hydrogen-bond donors (Lipinski definition) is 0. The largest absolute Gasteiger partial charge is 0.459 e. The van der Waals surface area contributed by atoms with Crippen LogP contribution in [0.2, 0.25) is 0 Å². The highest BCUT2D eigenvalue weighted by molar-refractivity contribution is 7.99. The predicted octanol–water partition coefficient (Wildman–Crippen LogP) is 5.52. The Morgan fingerprint density at radius 2 is 1.90 bits per heavy atom. The third-order valence-electron chi connectivity index (χ3n) is 4.71. The molecule has 0 atom stereocenters. The van der Waals surface area contributed by atoms with Gasteiger partial charge in [0.2, 0.25) is 5.82 Å². The van der Waals surface area contributed by atoms with Crippen molar-refractivity contribution in [3.8, 4) is 23.0 Å². The van der Waals surface area contributed by atoms with E-state index in [0.717, 1.165) is 21.0 Å². The summed E-state index contributed by atoms with van der Waals surface area (Å²) in [4.78, 5) is 21.4. The lowest BCUT2D eigenvalue weighted by Gasteiger charge is -2.27. The van der Waals surface area contributed by atoms with E-state index in [4.69, 9.17) is 8.94 Å². The van der Waals surface area contributed by atoms with E-state index in [0.29, 0.717) is 23.0 Å². The van der Waals surface area contributed by atoms with Crippen LogP contribution in [0.3, 0.4) is 0 Å². The average Bonchev–Trinajstić information content (AvgIpc) is 3.39. The molecule has 4 aromatic rings. The van der Waals surface area contributed by atoms with Gasteiger partial charge in [-0.1, -0.05) is 29.1 Å². The van der Waals surface area contributed by atoms with Crippen molar-refractivity contribution in [2.45, 2.75) is 29.7 Å². The predicted molar refractivity (Wildman–Crippen MR) is 110 cm³/mol. The number of aromatic nitrogens is 2. The number of anilines is 1. The lowest BCUT2D eigenvalue weighted by atomic mass is 10.1. The Hall–Kier alpha value is -3.32. The van der Waals surface area contributed by atoms with Crippen molar-refractivity contribution in [1.82, 2.24) is 10.1 Å². The summed E-state index contributed by atoms with van der Waals surface area (Å²) in [5, 5.41) is 4.09. The van der Waals surface area contributed by atoms with Crippen LogP contribution in [0.15, 0.2) is 79.6 Å². The molecule has 0 unspecified atom stereocenters. The highest BCUT2D eigenvalue weighted by atomic mass is 32.2. The number of furan rings is 1. The van der Waals surface area contributed by atoms with Crippen molar-refractivity contribution < 1.29 is 13.7 Å². The summed E-state index contributed by atoms with van der Waals surface area (Å²) in [6.07, 6.45) is 1.56. The van der Waals surface area contributed by atoms with Crippen LogP contribution in [0.25, 0.3) is 23.0 Å². The van der Waals surface area contributed by atoms with Crippen LogP contribution in [0, 0.1) is 0 Å². The zero-order valence-electron chi connectivity index (χ0n) is 15.8. The first-order valence-corrected chi connectivity index (χ1v) is 10.1. The molecule has 6 nitrogen and oxygen atoms in total. The van der Waals surface area contributed by atoms with E-state index < -0.39 is 0 Å². The van der Waals surface area contributed by atoms with Gasteiger partial charge >= 0.3 is 0 Å². The second-order valence-electron chi connectivity index (χ2n) is 6.95. The molecule has 0 aliphatic carbocycles. The van der Waals surface area contributed by atoms with E-state index >= 15 is 0 Å². The van der Waals surface area contributed by atoms with Crippen molar-refractivity contribution in [1.29, 1.82) is 0 Å². The number of fused-ring (bicyclic) bond motifs is 2. The zero-order valence-corrected chi connectivity index (χ0v) is 16.6. The van der Waals surface area contributed by atoms with E-state index in [9.17, 15) is 4.79 Å². The first-order chi connectivity index (χ1) is 14.1. The summed E-state index contributed by atoms with van der Waals surface area (Å²) in [5.74, 6) is 1.34. The van der Waals surface area contributed by atoms with Gasteiger partial charge in [-0.3, -0.25) is 4.79 Å². The molecule has 0 spiro atoms. The molecule has 1 amide bonds. The normalized spacial score (nSPS) is 13.3. The van der Waals surface area contributed by atoms with Gasteiger partial charge in [0, 0.05) is 21.4 Å². The van der Waals surface area contributed by atoms with Crippen LogP contribution >= 0.6 is 11.8 Å². The molecule has 0 saturated carbocycles. The second kappa shape index (κ2) is 6.93. The topological polar surface area (TPSA) is 72.4 Å². The number of nitrogens with zero attached hydrogens (tertiary/aromatic N) is 3. The molecule has 0 fully saturated rings. The molecule has 144 valence electrons. The number of carbonyl (C=O) groups is 1. The van der Waals surface area contributed by atoms with Gasteiger partial charge in [0.1, 0.15) is 0 Å². The fourth-order valence-electron chi connectivity index (χ4n) is 3.38. The second-order valence-corrected chi connectivity index (χ2v) is 8.03. The van der Waals surface area contributed by atoms with E-state index in [2.05, 4.69) is 10.1 Å². The van der Waals surface area contributed by atoms with E-state index in [1.54, 1.807) is 30.2 Å². The number of carbonyl (C=O) groups excluding carboxylic acids is 1. The first kappa shape index (κ1) is 17.8. The van der Waals surface area contributed by atoms with Gasteiger partial charge in [0.05, 0.1) is 17.5 Å². The molecule has 0 bridgehead atoms. The number of hydrogen-bond acceptors (Lipinski definition) is 6. The smallest absolute Gasteiger partial charge is 0.293 e. The summed E-state index contributed by atoms with van der Waals surface area (Å²) < 4.78 is 10.7. The third kappa shape index (κ3) is 3.03. The van der Waals surface area contributed by atoms with Crippen LogP contribution < -0.4 is 4.90 Å². The highest BCUT2D eigenvalue weighted by Crippen LogP contribution is 2.43. The van der Waals surface area contributed by atoms with Gasteiger partial charge in [0.15, 0.2) is 5.76 Å². The van der Waals surface area contributed by atoms with Crippen molar-refractivity contribution >= 4 is 23.4 Å². The van der Waals surface area contributed by atoms with Gasteiger partial charge in [-0.05, 0) is 56.3 Å². The maximum absolute atomic E-state index is 13.2. The van der Waals surface area contributed by atoms with E-state index in [-0.39, 0.29) is 11.9 Å². The Kier molecular flexibility index (Phi) is 4.24. The molecular weight excluding hydrogens is 386 g/mol. The van der Waals surface area contributed by atoms with Crippen molar-refractivity contribution in [2.24, 2.45) is 0 Å². The third-order valence-corrected chi connectivity index (χ3v) is 5.83. The summed E-state index contributed by atoms with van der Waals surface area (Å²) >= 11 is 1.57. The van der Waals surface area contributed by atoms with E-state index in [1.807, 2.05) is 61.2 Å². The number of benzene rings is 2. The first-order valence-electron chi connectivity index (χ1n) is 9.24. The monoisotopic (exact) mass is 403 g/mol. The molecule has 2 aromatic carbocycles. The van der Waals surface area contributed by atoms with Crippen LogP contribution in [0.5, 0.6) is 0 Å². The van der Waals surface area contributed by atoms with Crippen molar-refractivity contribution in [2.75, 3.05) is 4.90 Å². The van der Waals surface area contributed by atoms with Gasteiger partial charge in [0.25, 0.3) is 11.8 Å². The minimum Gasteiger partial charge on any atom is -0.459 e. The molecule has 0 radical (unpaired) electrons. The molecule has 3 heterocycles. The number of rotatable bonds is 3. The zero-order chi connectivity index (χ0) is 20.0. The van der Waals surface area contributed by atoms with Crippen LogP contribution in [0.1, 0.15) is 24.2 Å². The Bertz CT molecular complexity index is 1200. The molecule has 5 rings (SSSR count). The van der Waals surface area contributed by atoms with E-state index in [1.165, 1.54) is 0 Å². The Labute approximate surface area is 171 Å². The summed E-state index contributed by atoms with van der Waals surface area (Å²) in [5.41, 5.74) is 2.40. The van der Waals surface area contributed by atoms with Gasteiger partial charge in [-0.2, -0.15) is 4.98 Å². The van der Waals surface area contributed by atoms with Crippen LogP contribution in [-0.2, 0) is 0 Å². The summed E-state index contributed by atoms with van der Waals surface area (Å²) in [7, 11) is 0. The van der Waals surface area contributed by atoms with Gasteiger partial charge < -0.3 is 13.8 Å². The molecular formula is C22H17N3O3S. The van der Waals surface area contributed by atoms with Crippen molar-refractivity contribution in [3.05, 3.63) is 66.4 Å². The molecule has 0 saturated heterocycles. The molecule has 7 heteroatoms. The summed E-state index contributed by atoms with van der Waals surface area (Å²) in [6, 6.07) is 17.1. The minimum absolute atomic E-state index is 0.00858. The highest BCUT2D eigenvalue weighted by Gasteiger charge is 2.29. The summed E-state index contributed by atoms with van der Waals surface area (Å²) in [6.45, 7) is 4.03. The molecule has 0 N–H and O–H groups in total. The SMILES string of the molecule is CC(C)N1C(=O)c2ccccc2Sc2cc(-c3noc(-c4ccco4)n3)ccc21. The molecule has 2 aromatic heterocycles. The fraction of sp³-hybridized carbons (Fsp3) is 0.136. The van der Waals surface area contributed by atoms with Crippen LogP contribution in [0.4, 0.5) is 5.69 Å². The standard InChI is InChI=1S/C22H17N3O3S/c1-13(2)25-16-10-9-14(20-23-21(28-24-20)17-7-5-11-27-17)12-19(16)29-18-8-4-3-6-15(18)22(25)26/h3-13H,1-2H3. The minimum atomic E-state index is 0.00858. The number of amides is 1. The molecule has 29 heavy (non-hydrogen) atoms. The lowest BCUT2D eigenvalue weighted by Crippen LogP contribution is -2.36. The van der Waals surface area contributed by atoms with Gasteiger partial charge in [-0.25, -0.2) is 0 Å². The molecule has 1 aliphatic rings.